The molecular formula is C15H19NO3S. The van der Waals surface area contributed by atoms with Gasteiger partial charge in [0.05, 0.1) is 11.5 Å². The van der Waals surface area contributed by atoms with Crippen molar-refractivity contribution in [2.24, 2.45) is 0 Å². The van der Waals surface area contributed by atoms with E-state index in [2.05, 4.69) is 16.6 Å². The molecule has 1 aliphatic carbocycles. The van der Waals surface area contributed by atoms with Gasteiger partial charge in [-0.15, -0.1) is 0 Å². The first kappa shape index (κ1) is 15.0. The van der Waals surface area contributed by atoms with Gasteiger partial charge in [-0.05, 0) is 44.4 Å². The maximum absolute atomic E-state index is 12.4. The van der Waals surface area contributed by atoms with Gasteiger partial charge in [0.2, 0.25) is 10.0 Å². The highest BCUT2D eigenvalue weighted by Crippen LogP contribution is 2.36. The van der Waals surface area contributed by atoms with E-state index in [4.69, 9.17) is 5.11 Å². The fraction of sp³-hybridized carbons (Fsp3) is 0.467. The van der Waals surface area contributed by atoms with Crippen molar-refractivity contribution in [1.82, 2.24) is 4.72 Å². The Morgan fingerprint density at radius 3 is 2.70 bits per heavy atom. The lowest BCUT2D eigenvalue weighted by atomic mass is 10.1. The van der Waals surface area contributed by atoms with E-state index in [0.717, 1.165) is 18.4 Å². The van der Waals surface area contributed by atoms with E-state index in [1.54, 1.807) is 18.2 Å². The van der Waals surface area contributed by atoms with Gasteiger partial charge >= 0.3 is 0 Å². The summed E-state index contributed by atoms with van der Waals surface area (Å²) in [5, 5.41) is 8.76. The Balaban J connectivity index is 2.38. The van der Waals surface area contributed by atoms with Crippen LogP contribution in [0, 0.1) is 18.8 Å². The number of sulfonamides is 1. The second-order valence-corrected chi connectivity index (χ2v) is 7.09. The molecule has 1 fully saturated rings. The number of aliphatic hydroxyl groups excluding tert-OH is 1. The fourth-order valence-electron chi connectivity index (χ4n) is 1.86. The lowest BCUT2D eigenvalue weighted by Gasteiger charge is -2.13. The number of benzene rings is 1. The molecule has 0 unspecified atom stereocenters. The molecule has 4 nitrogen and oxygen atoms in total. The van der Waals surface area contributed by atoms with Gasteiger partial charge in [0.15, 0.2) is 0 Å². The Kier molecular flexibility index (Phi) is 4.19. The average Bonchev–Trinajstić information content (AvgIpc) is 3.05. The van der Waals surface area contributed by atoms with E-state index in [0.29, 0.717) is 12.0 Å². The number of aryl methyl sites for hydroxylation is 1. The molecule has 0 heterocycles. The van der Waals surface area contributed by atoms with Crippen LogP contribution in [0.15, 0.2) is 23.1 Å². The molecule has 0 aliphatic heterocycles. The van der Waals surface area contributed by atoms with Gasteiger partial charge in [0.1, 0.15) is 0 Å². The average molecular weight is 293 g/mol. The van der Waals surface area contributed by atoms with Crippen LogP contribution in [0.25, 0.3) is 0 Å². The van der Waals surface area contributed by atoms with Gasteiger partial charge in [-0.3, -0.25) is 0 Å². The first-order valence-electron chi connectivity index (χ1n) is 6.61. The Bertz CT molecular complexity index is 664. The van der Waals surface area contributed by atoms with Crippen molar-refractivity contribution in [3.8, 4) is 11.8 Å². The van der Waals surface area contributed by atoms with Crippen molar-refractivity contribution in [3.63, 3.8) is 0 Å². The third-order valence-corrected chi connectivity index (χ3v) is 4.96. The summed E-state index contributed by atoms with van der Waals surface area (Å²) in [7, 11) is -3.56. The zero-order valence-corrected chi connectivity index (χ0v) is 12.5. The summed E-state index contributed by atoms with van der Waals surface area (Å²) in [5.41, 5.74) is 1.13. The van der Waals surface area contributed by atoms with Crippen molar-refractivity contribution >= 4 is 10.0 Å². The smallest absolute Gasteiger partial charge is 0.242 e. The van der Waals surface area contributed by atoms with Gasteiger partial charge < -0.3 is 5.11 Å². The summed E-state index contributed by atoms with van der Waals surface area (Å²) in [6.45, 7) is 3.76. The lowest BCUT2D eigenvalue weighted by Crippen LogP contribution is -2.34. The van der Waals surface area contributed by atoms with Crippen LogP contribution < -0.4 is 4.72 Å². The van der Waals surface area contributed by atoms with Crippen LogP contribution >= 0.6 is 0 Å². The molecule has 0 bridgehead atoms. The third-order valence-electron chi connectivity index (χ3n) is 3.27. The minimum Gasteiger partial charge on any atom is -0.395 e. The third kappa shape index (κ3) is 3.60. The quantitative estimate of drug-likeness (QED) is 0.828. The molecule has 1 aromatic carbocycles. The Labute approximate surface area is 120 Å². The number of nitrogens with one attached hydrogen (secondary N) is 1. The minimum absolute atomic E-state index is 0.0305. The molecule has 5 heteroatoms. The molecule has 0 saturated heterocycles. The molecule has 2 rings (SSSR count). The highest BCUT2D eigenvalue weighted by molar-refractivity contribution is 7.89. The highest BCUT2D eigenvalue weighted by Gasteiger charge is 2.41. The van der Waals surface area contributed by atoms with Gasteiger partial charge in [-0.1, -0.05) is 17.9 Å². The monoisotopic (exact) mass is 293 g/mol. The topological polar surface area (TPSA) is 66.4 Å². The number of hydrogen-bond donors (Lipinski definition) is 2. The van der Waals surface area contributed by atoms with E-state index in [-0.39, 0.29) is 17.0 Å². The Hall–Kier alpha value is -1.35. The van der Waals surface area contributed by atoms with Crippen LogP contribution in [0.3, 0.4) is 0 Å². The van der Waals surface area contributed by atoms with Crippen molar-refractivity contribution in [3.05, 3.63) is 29.3 Å². The zero-order valence-electron chi connectivity index (χ0n) is 11.7. The minimum atomic E-state index is -3.56. The predicted molar refractivity (Wildman–Crippen MR) is 77.7 cm³/mol. The van der Waals surface area contributed by atoms with Crippen molar-refractivity contribution in [1.29, 1.82) is 0 Å². The van der Waals surface area contributed by atoms with Crippen LogP contribution in [-0.2, 0) is 10.0 Å². The van der Waals surface area contributed by atoms with E-state index >= 15 is 0 Å². The summed E-state index contributed by atoms with van der Waals surface area (Å²) in [5.74, 6) is 5.62. The molecular weight excluding hydrogens is 274 g/mol. The summed E-state index contributed by atoms with van der Waals surface area (Å²) in [6, 6.07) is 5.11. The normalized spacial score (nSPS) is 16.4. The van der Waals surface area contributed by atoms with Gasteiger partial charge in [0.25, 0.3) is 0 Å². The number of rotatable bonds is 4. The second-order valence-electron chi connectivity index (χ2n) is 5.44. The van der Waals surface area contributed by atoms with Gasteiger partial charge in [-0.25, -0.2) is 13.1 Å². The number of aliphatic hydroxyl groups is 1. The molecule has 0 amide bonds. The van der Waals surface area contributed by atoms with Gasteiger partial charge in [-0.2, -0.15) is 0 Å². The standard InChI is InChI=1S/C15H19NO3S/c1-12-6-7-14(13(11-12)5-3-4-10-17)20(18,19)16-15(2)8-9-15/h6-7,11,16-17H,4,8-10H2,1-2H3. The molecule has 108 valence electrons. The maximum atomic E-state index is 12.4. The highest BCUT2D eigenvalue weighted by atomic mass is 32.2. The number of hydrogen-bond acceptors (Lipinski definition) is 3. The molecule has 0 radical (unpaired) electrons. The molecule has 1 aliphatic rings. The zero-order chi connectivity index (χ0) is 14.8. The SMILES string of the molecule is Cc1ccc(S(=O)(=O)NC2(C)CC2)c(C#CCCO)c1. The fourth-order valence-corrected chi connectivity index (χ4v) is 3.47. The first-order chi connectivity index (χ1) is 9.36. The summed E-state index contributed by atoms with van der Waals surface area (Å²) in [4.78, 5) is 0.210. The van der Waals surface area contributed by atoms with E-state index < -0.39 is 10.0 Å². The Morgan fingerprint density at radius 2 is 2.10 bits per heavy atom. The predicted octanol–water partition coefficient (Wildman–Crippen LogP) is 1.56. The van der Waals surface area contributed by atoms with Gasteiger partial charge in [0, 0.05) is 17.5 Å². The van der Waals surface area contributed by atoms with Crippen LogP contribution in [0.2, 0.25) is 0 Å². The molecule has 1 saturated carbocycles. The van der Waals surface area contributed by atoms with Crippen LogP contribution in [-0.4, -0.2) is 25.7 Å². The largest absolute Gasteiger partial charge is 0.395 e. The van der Waals surface area contributed by atoms with E-state index in [9.17, 15) is 8.42 Å². The molecule has 20 heavy (non-hydrogen) atoms. The summed E-state index contributed by atoms with van der Waals surface area (Å²) in [6.07, 6.45) is 2.06. The first-order valence-corrected chi connectivity index (χ1v) is 8.09. The summed E-state index contributed by atoms with van der Waals surface area (Å²) >= 11 is 0. The second kappa shape index (κ2) is 5.57. The molecule has 0 aromatic heterocycles. The Morgan fingerprint density at radius 1 is 1.40 bits per heavy atom. The maximum Gasteiger partial charge on any atom is 0.242 e. The molecule has 0 spiro atoms. The van der Waals surface area contributed by atoms with Crippen molar-refractivity contribution in [2.45, 2.75) is 43.5 Å². The summed E-state index contributed by atoms with van der Waals surface area (Å²) < 4.78 is 27.6. The molecule has 2 N–H and O–H groups in total. The molecule has 1 aromatic rings. The lowest BCUT2D eigenvalue weighted by molar-refractivity contribution is 0.305. The van der Waals surface area contributed by atoms with Crippen molar-refractivity contribution < 1.29 is 13.5 Å². The van der Waals surface area contributed by atoms with Crippen molar-refractivity contribution in [2.75, 3.05) is 6.61 Å². The molecule has 0 atom stereocenters. The van der Waals surface area contributed by atoms with Crippen LogP contribution in [0.1, 0.15) is 37.3 Å². The van der Waals surface area contributed by atoms with Crippen LogP contribution in [0.5, 0.6) is 0 Å². The van der Waals surface area contributed by atoms with E-state index in [1.165, 1.54) is 0 Å². The van der Waals surface area contributed by atoms with Crippen LogP contribution in [0.4, 0.5) is 0 Å². The van der Waals surface area contributed by atoms with E-state index in [1.807, 2.05) is 13.8 Å².